The number of nitrogens with zero attached hydrogens (tertiary/aromatic N) is 1. The standard InChI is InChI=1S/C10H16N2O3S/c1-7-5-10(15-12-7)11-9(14)6-16-8(2)3-4-13/h5,8,13H,3-4,6H2,1-2H3,(H,11,14). The highest BCUT2D eigenvalue weighted by Crippen LogP contribution is 2.14. The van der Waals surface area contributed by atoms with Gasteiger partial charge in [0.25, 0.3) is 0 Å². The van der Waals surface area contributed by atoms with Gasteiger partial charge >= 0.3 is 0 Å². The second-order valence-electron chi connectivity index (χ2n) is 3.51. The van der Waals surface area contributed by atoms with Crippen molar-refractivity contribution in [3.8, 4) is 0 Å². The van der Waals surface area contributed by atoms with E-state index in [1.165, 1.54) is 11.8 Å². The van der Waals surface area contributed by atoms with E-state index in [1.54, 1.807) is 13.0 Å². The normalized spacial score (nSPS) is 12.4. The van der Waals surface area contributed by atoms with E-state index in [9.17, 15) is 4.79 Å². The molecule has 0 radical (unpaired) electrons. The van der Waals surface area contributed by atoms with Gasteiger partial charge in [-0.2, -0.15) is 0 Å². The van der Waals surface area contributed by atoms with Gasteiger partial charge in [0.1, 0.15) is 0 Å². The third-order valence-electron chi connectivity index (χ3n) is 1.93. The van der Waals surface area contributed by atoms with Gasteiger partial charge in [-0.3, -0.25) is 10.1 Å². The largest absolute Gasteiger partial charge is 0.396 e. The van der Waals surface area contributed by atoms with E-state index in [0.717, 1.165) is 5.69 Å². The maximum atomic E-state index is 11.4. The first-order valence-electron chi connectivity index (χ1n) is 5.07. The third-order valence-corrected chi connectivity index (χ3v) is 3.16. The zero-order chi connectivity index (χ0) is 12.0. The number of aliphatic hydroxyl groups excluding tert-OH is 1. The van der Waals surface area contributed by atoms with Crippen molar-refractivity contribution in [1.82, 2.24) is 5.16 Å². The van der Waals surface area contributed by atoms with Gasteiger partial charge in [-0.15, -0.1) is 11.8 Å². The number of thioether (sulfide) groups is 1. The van der Waals surface area contributed by atoms with Crippen LogP contribution in [0.3, 0.4) is 0 Å². The number of amides is 1. The molecule has 1 heterocycles. The second-order valence-corrected chi connectivity index (χ2v) is 4.94. The van der Waals surface area contributed by atoms with Crippen LogP contribution in [0.15, 0.2) is 10.6 Å². The average molecular weight is 244 g/mol. The zero-order valence-corrected chi connectivity index (χ0v) is 10.2. The number of aryl methyl sites for hydroxylation is 1. The van der Waals surface area contributed by atoms with E-state index >= 15 is 0 Å². The van der Waals surface area contributed by atoms with E-state index in [-0.39, 0.29) is 17.8 Å². The summed E-state index contributed by atoms with van der Waals surface area (Å²) >= 11 is 1.50. The SMILES string of the molecule is Cc1cc(NC(=O)CSC(C)CCO)on1. The molecule has 1 atom stereocenters. The summed E-state index contributed by atoms with van der Waals surface area (Å²) < 4.78 is 4.86. The number of carbonyl (C=O) groups excluding carboxylic acids is 1. The smallest absolute Gasteiger partial charge is 0.236 e. The van der Waals surface area contributed by atoms with Crippen LogP contribution < -0.4 is 5.32 Å². The van der Waals surface area contributed by atoms with Crippen LogP contribution in [-0.2, 0) is 4.79 Å². The van der Waals surface area contributed by atoms with E-state index in [2.05, 4.69) is 10.5 Å². The van der Waals surface area contributed by atoms with Crippen LogP contribution in [-0.4, -0.2) is 33.8 Å². The Kier molecular flexibility index (Phi) is 5.34. The molecule has 0 saturated heterocycles. The number of hydrogen-bond acceptors (Lipinski definition) is 5. The van der Waals surface area contributed by atoms with Crippen molar-refractivity contribution in [3.05, 3.63) is 11.8 Å². The molecule has 6 heteroatoms. The Bertz CT molecular complexity index is 341. The summed E-state index contributed by atoms with van der Waals surface area (Å²) in [6.07, 6.45) is 0.694. The van der Waals surface area contributed by atoms with Gasteiger partial charge in [0.15, 0.2) is 0 Å². The molecular weight excluding hydrogens is 228 g/mol. The molecule has 16 heavy (non-hydrogen) atoms. The molecule has 1 rings (SSSR count). The first-order chi connectivity index (χ1) is 7.61. The van der Waals surface area contributed by atoms with Crippen LogP contribution in [0.4, 0.5) is 5.88 Å². The number of rotatable bonds is 6. The molecule has 0 aliphatic carbocycles. The first-order valence-corrected chi connectivity index (χ1v) is 6.12. The molecular formula is C10H16N2O3S. The minimum absolute atomic E-state index is 0.120. The number of nitrogens with one attached hydrogen (secondary N) is 1. The molecule has 0 aromatic carbocycles. The lowest BCUT2D eigenvalue weighted by atomic mass is 10.3. The van der Waals surface area contributed by atoms with Gasteiger partial charge in [0.05, 0.1) is 11.4 Å². The fourth-order valence-electron chi connectivity index (χ4n) is 1.08. The maximum Gasteiger partial charge on any atom is 0.236 e. The molecule has 0 saturated carbocycles. The molecule has 5 nitrogen and oxygen atoms in total. The predicted molar refractivity (Wildman–Crippen MR) is 63.5 cm³/mol. The number of aliphatic hydroxyl groups is 1. The van der Waals surface area contributed by atoms with Crippen LogP contribution in [0.2, 0.25) is 0 Å². The molecule has 0 aliphatic rings. The van der Waals surface area contributed by atoms with E-state index in [4.69, 9.17) is 9.63 Å². The Hall–Kier alpha value is -1.01. The first kappa shape index (κ1) is 13.1. The van der Waals surface area contributed by atoms with Crippen molar-refractivity contribution in [2.24, 2.45) is 0 Å². The molecule has 0 spiro atoms. The number of carbonyl (C=O) groups is 1. The summed E-state index contributed by atoms with van der Waals surface area (Å²) in [6, 6.07) is 1.67. The topological polar surface area (TPSA) is 75.4 Å². The zero-order valence-electron chi connectivity index (χ0n) is 9.40. The highest BCUT2D eigenvalue weighted by atomic mass is 32.2. The minimum atomic E-state index is -0.120. The highest BCUT2D eigenvalue weighted by molar-refractivity contribution is 8.00. The van der Waals surface area contributed by atoms with Crippen LogP contribution in [0.5, 0.6) is 0 Å². The van der Waals surface area contributed by atoms with Gasteiger partial charge in [0.2, 0.25) is 11.8 Å². The number of anilines is 1. The Balaban J connectivity index is 2.26. The lowest BCUT2D eigenvalue weighted by Crippen LogP contribution is -2.15. The number of aromatic nitrogens is 1. The number of hydrogen-bond donors (Lipinski definition) is 2. The van der Waals surface area contributed by atoms with Crippen molar-refractivity contribution < 1.29 is 14.4 Å². The van der Waals surface area contributed by atoms with Gasteiger partial charge in [-0.25, -0.2) is 0 Å². The summed E-state index contributed by atoms with van der Waals surface area (Å²) in [5.41, 5.74) is 0.733. The summed E-state index contributed by atoms with van der Waals surface area (Å²) in [6.45, 7) is 3.92. The third kappa shape index (κ3) is 4.67. The van der Waals surface area contributed by atoms with Crippen molar-refractivity contribution >= 4 is 23.6 Å². The minimum Gasteiger partial charge on any atom is -0.396 e. The van der Waals surface area contributed by atoms with Gasteiger partial charge in [-0.1, -0.05) is 12.1 Å². The van der Waals surface area contributed by atoms with E-state index in [1.807, 2.05) is 6.92 Å². The summed E-state index contributed by atoms with van der Waals surface area (Å²) in [7, 11) is 0. The van der Waals surface area contributed by atoms with Gasteiger partial charge in [0, 0.05) is 17.9 Å². The van der Waals surface area contributed by atoms with Crippen LogP contribution in [0, 0.1) is 6.92 Å². The second kappa shape index (κ2) is 6.55. The van der Waals surface area contributed by atoms with Crippen LogP contribution >= 0.6 is 11.8 Å². The lowest BCUT2D eigenvalue weighted by molar-refractivity contribution is -0.113. The Morgan fingerprint density at radius 3 is 3.06 bits per heavy atom. The molecule has 0 fully saturated rings. The molecule has 1 aromatic heterocycles. The van der Waals surface area contributed by atoms with Crippen LogP contribution in [0.1, 0.15) is 19.0 Å². The van der Waals surface area contributed by atoms with E-state index < -0.39 is 0 Å². The molecule has 1 aromatic rings. The van der Waals surface area contributed by atoms with Crippen LogP contribution in [0.25, 0.3) is 0 Å². The Labute approximate surface area is 98.6 Å². The summed E-state index contributed by atoms with van der Waals surface area (Å²) in [4.78, 5) is 11.4. The van der Waals surface area contributed by atoms with E-state index in [0.29, 0.717) is 18.1 Å². The molecule has 90 valence electrons. The summed E-state index contributed by atoms with van der Waals surface area (Å²) in [5.74, 6) is 0.602. The van der Waals surface area contributed by atoms with Crippen molar-refractivity contribution in [2.75, 3.05) is 17.7 Å². The molecule has 2 N–H and O–H groups in total. The Morgan fingerprint density at radius 2 is 2.50 bits per heavy atom. The van der Waals surface area contributed by atoms with Crippen molar-refractivity contribution in [3.63, 3.8) is 0 Å². The molecule has 0 bridgehead atoms. The molecule has 1 amide bonds. The maximum absolute atomic E-state index is 11.4. The van der Waals surface area contributed by atoms with Gasteiger partial charge in [-0.05, 0) is 13.3 Å². The fraction of sp³-hybridized carbons (Fsp3) is 0.600. The quantitative estimate of drug-likeness (QED) is 0.791. The molecule has 1 unspecified atom stereocenters. The Morgan fingerprint density at radius 1 is 1.75 bits per heavy atom. The highest BCUT2D eigenvalue weighted by Gasteiger charge is 2.09. The predicted octanol–water partition coefficient (Wildman–Crippen LogP) is 1.43. The van der Waals surface area contributed by atoms with Crippen molar-refractivity contribution in [1.29, 1.82) is 0 Å². The average Bonchev–Trinajstić information content (AvgIpc) is 2.61. The fourth-order valence-corrected chi connectivity index (χ4v) is 1.86. The van der Waals surface area contributed by atoms with Gasteiger partial charge < -0.3 is 9.63 Å². The lowest BCUT2D eigenvalue weighted by Gasteiger charge is -2.08. The summed E-state index contributed by atoms with van der Waals surface area (Å²) in [5, 5.41) is 15.2. The van der Waals surface area contributed by atoms with Crippen molar-refractivity contribution in [2.45, 2.75) is 25.5 Å². The molecule has 0 aliphatic heterocycles. The monoisotopic (exact) mass is 244 g/mol.